The van der Waals surface area contributed by atoms with Gasteiger partial charge >= 0.3 is 0 Å². The first-order chi connectivity index (χ1) is 11.9. The molecule has 0 radical (unpaired) electrons. The highest BCUT2D eigenvalue weighted by Gasteiger charge is 2.35. The molecule has 0 saturated carbocycles. The fourth-order valence-electron chi connectivity index (χ4n) is 3.61. The van der Waals surface area contributed by atoms with Crippen molar-refractivity contribution in [2.75, 3.05) is 16.8 Å². The number of carbonyl (C=O) groups excluding carboxylic acids is 1. The zero-order chi connectivity index (χ0) is 17.6. The molecule has 1 N–H and O–H groups in total. The van der Waals surface area contributed by atoms with Gasteiger partial charge in [-0.2, -0.15) is 5.10 Å². The largest absolute Gasteiger partial charge is 0.321 e. The average molecular weight is 363 g/mol. The third kappa shape index (κ3) is 3.06. The van der Waals surface area contributed by atoms with Crippen molar-refractivity contribution in [3.05, 3.63) is 47.0 Å². The highest BCUT2D eigenvalue weighted by molar-refractivity contribution is 7.91. The fraction of sp³-hybridized carbons (Fsp3) is 0.412. The van der Waals surface area contributed by atoms with Crippen molar-refractivity contribution >= 4 is 21.4 Å². The van der Waals surface area contributed by atoms with Crippen molar-refractivity contribution in [2.45, 2.75) is 31.7 Å². The van der Waals surface area contributed by atoms with Crippen LogP contribution in [0.5, 0.6) is 0 Å². The van der Waals surface area contributed by atoms with Crippen LogP contribution in [0.15, 0.2) is 24.3 Å². The van der Waals surface area contributed by atoms with E-state index in [-0.39, 0.29) is 29.3 Å². The van der Waals surface area contributed by atoms with Crippen molar-refractivity contribution in [2.24, 2.45) is 0 Å². The topological polar surface area (TPSA) is 81.1 Å². The van der Waals surface area contributed by atoms with Crippen LogP contribution in [0.2, 0.25) is 0 Å². The van der Waals surface area contributed by atoms with Gasteiger partial charge in [0, 0.05) is 11.3 Å². The van der Waals surface area contributed by atoms with E-state index >= 15 is 0 Å². The number of rotatable bonds is 3. The SMILES string of the molecule is O=C(Nc1ccc(F)cc1)c1c2c(nn1[C@@H]1CCS(=O)(=O)C1)CCC2. The number of aryl methyl sites for hydroxylation is 1. The number of hydrogen-bond donors (Lipinski definition) is 1. The lowest BCUT2D eigenvalue weighted by Gasteiger charge is -2.14. The number of amides is 1. The summed E-state index contributed by atoms with van der Waals surface area (Å²) in [4.78, 5) is 12.8. The Morgan fingerprint density at radius 3 is 2.68 bits per heavy atom. The molecular weight excluding hydrogens is 345 g/mol. The molecule has 8 heteroatoms. The summed E-state index contributed by atoms with van der Waals surface area (Å²) in [5.41, 5.74) is 2.72. The van der Waals surface area contributed by atoms with Gasteiger partial charge in [-0.25, -0.2) is 12.8 Å². The van der Waals surface area contributed by atoms with E-state index in [4.69, 9.17) is 0 Å². The Hall–Kier alpha value is -2.22. The summed E-state index contributed by atoms with van der Waals surface area (Å²) in [6.45, 7) is 0. The second-order valence-electron chi connectivity index (χ2n) is 6.59. The lowest BCUT2D eigenvalue weighted by atomic mass is 10.1. The average Bonchev–Trinajstić information content (AvgIpc) is 3.22. The maximum Gasteiger partial charge on any atom is 0.274 e. The molecule has 132 valence electrons. The van der Waals surface area contributed by atoms with E-state index in [9.17, 15) is 17.6 Å². The van der Waals surface area contributed by atoms with E-state index < -0.39 is 9.84 Å². The highest BCUT2D eigenvalue weighted by atomic mass is 32.2. The van der Waals surface area contributed by atoms with E-state index in [1.165, 1.54) is 24.3 Å². The number of nitrogens with one attached hydrogen (secondary N) is 1. The number of fused-ring (bicyclic) bond motifs is 1. The predicted octanol–water partition coefficient (Wildman–Crippen LogP) is 2.12. The Balaban J connectivity index is 1.68. The molecule has 0 bridgehead atoms. The normalized spacial score (nSPS) is 21.2. The minimum atomic E-state index is -3.08. The molecular formula is C17H18FN3O3S. The molecule has 1 aliphatic carbocycles. The number of sulfone groups is 1. The molecule has 0 unspecified atom stereocenters. The van der Waals surface area contributed by atoms with Crippen molar-refractivity contribution in [1.82, 2.24) is 9.78 Å². The molecule has 6 nitrogen and oxygen atoms in total. The van der Waals surface area contributed by atoms with Crippen LogP contribution >= 0.6 is 0 Å². The maximum absolute atomic E-state index is 13.0. The standard InChI is InChI=1S/C17H18FN3O3S/c18-11-4-6-12(7-5-11)19-17(22)16-14-2-1-3-15(14)20-21(16)13-8-9-25(23,24)10-13/h4-7,13H,1-3,8-10H2,(H,19,22)/t13-/m1/s1. The Morgan fingerprint density at radius 2 is 2.00 bits per heavy atom. The van der Waals surface area contributed by atoms with Gasteiger partial charge in [-0.05, 0) is 49.9 Å². The van der Waals surface area contributed by atoms with Gasteiger partial charge in [0.25, 0.3) is 5.91 Å². The first-order valence-corrected chi connectivity index (χ1v) is 10.1. The first kappa shape index (κ1) is 16.3. The molecule has 0 spiro atoms. The number of aromatic nitrogens is 2. The smallest absolute Gasteiger partial charge is 0.274 e. The first-order valence-electron chi connectivity index (χ1n) is 8.30. The number of hydrogen-bond acceptors (Lipinski definition) is 4. The van der Waals surface area contributed by atoms with E-state index in [1.54, 1.807) is 4.68 Å². The second-order valence-corrected chi connectivity index (χ2v) is 8.82. The van der Waals surface area contributed by atoms with E-state index in [2.05, 4.69) is 10.4 Å². The number of anilines is 1. The van der Waals surface area contributed by atoms with Crippen molar-refractivity contribution in [1.29, 1.82) is 0 Å². The van der Waals surface area contributed by atoms with Crippen LogP contribution in [0.4, 0.5) is 10.1 Å². The second kappa shape index (κ2) is 5.94. The minimum absolute atomic E-state index is 0.0182. The van der Waals surface area contributed by atoms with Crippen molar-refractivity contribution in [3.8, 4) is 0 Å². The van der Waals surface area contributed by atoms with Gasteiger partial charge in [0.15, 0.2) is 9.84 Å². The van der Waals surface area contributed by atoms with Crippen LogP contribution < -0.4 is 5.32 Å². The fourth-order valence-corrected chi connectivity index (χ4v) is 5.30. The van der Waals surface area contributed by atoms with Crippen LogP contribution in [-0.2, 0) is 22.7 Å². The number of halogens is 1. The molecule has 1 atom stereocenters. The summed E-state index contributed by atoms with van der Waals surface area (Å²) in [6, 6.07) is 5.24. The monoisotopic (exact) mass is 363 g/mol. The van der Waals surface area contributed by atoms with Gasteiger partial charge in [0.1, 0.15) is 11.5 Å². The predicted molar refractivity (Wildman–Crippen MR) is 90.9 cm³/mol. The maximum atomic E-state index is 13.0. The summed E-state index contributed by atoms with van der Waals surface area (Å²) in [5.74, 6) is -0.558. The van der Waals surface area contributed by atoms with Crippen LogP contribution in [0.3, 0.4) is 0 Å². The summed E-state index contributed by atoms with van der Waals surface area (Å²) in [5, 5.41) is 7.32. The molecule has 2 heterocycles. The molecule has 1 aliphatic heterocycles. The molecule has 2 aromatic rings. The Labute approximate surface area is 145 Å². The summed E-state index contributed by atoms with van der Waals surface area (Å²) in [7, 11) is -3.08. The van der Waals surface area contributed by atoms with Crippen LogP contribution in [0, 0.1) is 5.82 Å². The lowest BCUT2D eigenvalue weighted by molar-refractivity contribution is 0.101. The number of carbonyl (C=O) groups is 1. The van der Waals surface area contributed by atoms with Gasteiger partial charge in [0.2, 0.25) is 0 Å². The molecule has 1 fully saturated rings. The quantitative estimate of drug-likeness (QED) is 0.906. The van der Waals surface area contributed by atoms with Crippen LogP contribution in [-0.4, -0.2) is 35.6 Å². The molecule has 2 aliphatic rings. The molecule has 4 rings (SSSR count). The number of nitrogens with zero attached hydrogens (tertiary/aromatic N) is 2. The van der Waals surface area contributed by atoms with Gasteiger partial charge in [0.05, 0.1) is 23.2 Å². The third-order valence-electron chi connectivity index (χ3n) is 4.80. The Kier molecular flexibility index (Phi) is 3.87. The van der Waals surface area contributed by atoms with E-state index in [0.717, 1.165) is 30.5 Å². The number of benzene rings is 1. The highest BCUT2D eigenvalue weighted by Crippen LogP contribution is 2.31. The molecule has 1 aromatic carbocycles. The van der Waals surface area contributed by atoms with Crippen molar-refractivity contribution < 1.29 is 17.6 Å². The van der Waals surface area contributed by atoms with Crippen LogP contribution in [0.25, 0.3) is 0 Å². The van der Waals surface area contributed by atoms with Crippen molar-refractivity contribution in [3.63, 3.8) is 0 Å². The van der Waals surface area contributed by atoms with Gasteiger partial charge in [-0.3, -0.25) is 9.48 Å². The molecule has 1 aromatic heterocycles. The Morgan fingerprint density at radius 1 is 1.24 bits per heavy atom. The zero-order valence-electron chi connectivity index (χ0n) is 13.5. The lowest BCUT2D eigenvalue weighted by Crippen LogP contribution is -2.23. The summed E-state index contributed by atoms with van der Waals surface area (Å²) >= 11 is 0. The van der Waals surface area contributed by atoms with E-state index in [1.807, 2.05) is 0 Å². The summed E-state index contributed by atoms with van der Waals surface area (Å²) < 4.78 is 38.3. The van der Waals surface area contributed by atoms with E-state index in [0.29, 0.717) is 17.8 Å². The van der Waals surface area contributed by atoms with Crippen LogP contribution in [0.1, 0.15) is 40.6 Å². The van der Waals surface area contributed by atoms with Gasteiger partial charge < -0.3 is 5.32 Å². The van der Waals surface area contributed by atoms with Gasteiger partial charge in [-0.15, -0.1) is 0 Å². The zero-order valence-corrected chi connectivity index (χ0v) is 14.4. The minimum Gasteiger partial charge on any atom is -0.321 e. The van der Waals surface area contributed by atoms with Gasteiger partial charge in [-0.1, -0.05) is 0 Å². The molecule has 1 saturated heterocycles. The summed E-state index contributed by atoms with van der Waals surface area (Å²) in [6.07, 6.45) is 2.98. The molecule has 25 heavy (non-hydrogen) atoms. The Bertz CT molecular complexity index is 935. The molecule has 1 amide bonds. The third-order valence-corrected chi connectivity index (χ3v) is 6.55.